The largest absolute Gasteiger partial charge is 0.434 e. The van der Waals surface area contributed by atoms with Crippen molar-refractivity contribution in [2.45, 2.75) is 12.4 Å². The summed E-state index contributed by atoms with van der Waals surface area (Å²) in [5.41, 5.74) is 1.29. The molecule has 0 aliphatic rings. The van der Waals surface area contributed by atoms with Crippen molar-refractivity contribution in [3.05, 3.63) is 63.3 Å². The van der Waals surface area contributed by atoms with Gasteiger partial charge in [-0.2, -0.15) is 8.78 Å². The third-order valence-corrected chi connectivity index (χ3v) is 6.45. The average molecular weight is 481 g/mol. The van der Waals surface area contributed by atoms with E-state index >= 15 is 0 Å². The number of para-hydroxylation sites is 1. The van der Waals surface area contributed by atoms with Crippen molar-refractivity contribution in [3.63, 3.8) is 0 Å². The Morgan fingerprint density at radius 3 is 2.94 bits per heavy atom. The van der Waals surface area contributed by atoms with E-state index in [4.69, 9.17) is 0 Å². The fraction of sp³-hybridized carbons (Fsp3) is 0.158. The van der Waals surface area contributed by atoms with Crippen LogP contribution in [0.4, 0.5) is 13.9 Å². The Morgan fingerprint density at radius 1 is 1.26 bits per heavy atom. The van der Waals surface area contributed by atoms with Crippen LogP contribution < -0.4 is 15.6 Å². The maximum Gasteiger partial charge on any atom is 0.387 e. The van der Waals surface area contributed by atoms with Gasteiger partial charge in [0.15, 0.2) is 10.1 Å². The zero-order chi connectivity index (χ0) is 21.8. The van der Waals surface area contributed by atoms with Gasteiger partial charge in [0, 0.05) is 34.3 Å². The molecule has 1 aromatic carbocycles. The lowest BCUT2D eigenvalue weighted by Gasteiger charge is -2.08. The molecule has 4 rings (SSSR count). The monoisotopic (exact) mass is 480 g/mol. The van der Waals surface area contributed by atoms with E-state index in [1.54, 1.807) is 35.2 Å². The molecule has 3 heterocycles. The molecule has 12 heteroatoms. The molecule has 0 saturated heterocycles. The van der Waals surface area contributed by atoms with Gasteiger partial charge < -0.3 is 10.1 Å². The van der Waals surface area contributed by atoms with E-state index in [1.807, 2.05) is 0 Å². The van der Waals surface area contributed by atoms with Crippen LogP contribution in [0.5, 0.6) is 5.75 Å². The zero-order valence-electron chi connectivity index (χ0n) is 15.7. The van der Waals surface area contributed by atoms with Gasteiger partial charge in [-0.05, 0) is 12.1 Å². The molecule has 31 heavy (non-hydrogen) atoms. The number of hydrogen-bond donors (Lipinski definition) is 1. The van der Waals surface area contributed by atoms with Crippen molar-refractivity contribution >= 4 is 50.4 Å². The third kappa shape index (κ3) is 5.27. The summed E-state index contributed by atoms with van der Waals surface area (Å²) in [5, 5.41) is 6.48. The number of hydrogen-bond acceptors (Lipinski definition) is 8. The molecule has 0 aliphatic heterocycles. The fourth-order valence-electron chi connectivity index (χ4n) is 2.70. The van der Waals surface area contributed by atoms with Crippen molar-refractivity contribution < 1.29 is 18.3 Å². The van der Waals surface area contributed by atoms with Gasteiger partial charge in [-0.1, -0.05) is 12.1 Å². The van der Waals surface area contributed by atoms with Crippen molar-refractivity contribution in [1.29, 1.82) is 0 Å². The maximum absolute atomic E-state index is 12.6. The van der Waals surface area contributed by atoms with Gasteiger partial charge in [-0.3, -0.25) is 14.0 Å². The summed E-state index contributed by atoms with van der Waals surface area (Å²) < 4.78 is 31.2. The first kappa shape index (κ1) is 21.4. The molecule has 0 spiro atoms. The van der Waals surface area contributed by atoms with Gasteiger partial charge in [0.25, 0.3) is 5.56 Å². The van der Waals surface area contributed by atoms with Gasteiger partial charge in [0.2, 0.25) is 5.91 Å². The lowest BCUT2D eigenvalue weighted by atomic mass is 10.1. The van der Waals surface area contributed by atoms with E-state index in [0.29, 0.717) is 32.8 Å². The third-order valence-electron chi connectivity index (χ3n) is 3.97. The molecular weight excluding hydrogens is 466 g/mol. The number of halogens is 2. The number of amides is 1. The smallest absolute Gasteiger partial charge is 0.387 e. The summed E-state index contributed by atoms with van der Waals surface area (Å²) in [6, 6.07) is 7.79. The van der Waals surface area contributed by atoms with Crippen molar-refractivity contribution in [3.8, 4) is 17.0 Å². The number of thiazole rings is 2. The summed E-state index contributed by atoms with van der Waals surface area (Å²) in [6.07, 6.45) is 1.67. The summed E-state index contributed by atoms with van der Waals surface area (Å²) in [7, 11) is 0. The second-order valence-corrected chi connectivity index (χ2v) is 8.81. The molecule has 0 fully saturated rings. The van der Waals surface area contributed by atoms with Crippen LogP contribution in [0.15, 0.2) is 52.1 Å². The van der Waals surface area contributed by atoms with Crippen LogP contribution in [0.3, 0.4) is 0 Å². The van der Waals surface area contributed by atoms with Gasteiger partial charge in [-0.25, -0.2) is 9.97 Å². The van der Waals surface area contributed by atoms with Crippen LogP contribution in [-0.4, -0.2) is 32.6 Å². The Kier molecular flexibility index (Phi) is 6.59. The second kappa shape index (κ2) is 9.54. The number of anilines is 1. The topological polar surface area (TPSA) is 85.6 Å². The van der Waals surface area contributed by atoms with Gasteiger partial charge in [0.05, 0.1) is 17.1 Å². The quantitative estimate of drug-likeness (QED) is 0.404. The zero-order valence-corrected chi connectivity index (χ0v) is 18.1. The highest BCUT2D eigenvalue weighted by molar-refractivity contribution is 7.99. The van der Waals surface area contributed by atoms with Crippen LogP contribution in [0.1, 0.15) is 5.69 Å². The molecule has 0 bridgehead atoms. The van der Waals surface area contributed by atoms with Gasteiger partial charge in [-0.15, -0.1) is 34.4 Å². The van der Waals surface area contributed by atoms with E-state index in [9.17, 15) is 18.4 Å². The van der Waals surface area contributed by atoms with E-state index in [1.165, 1.54) is 51.0 Å². The molecule has 4 aromatic rings. The minimum absolute atomic E-state index is 0.0161. The number of carbonyl (C=O) groups is 1. The fourth-order valence-corrected chi connectivity index (χ4v) is 4.88. The first-order valence-corrected chi connectivity index (χ1v) is 11.7. The predicted molar refractivity (Wildman–Crippen MR) is 118 cm³/mol. The summed E-state index contributed by atoms with van der Waals surface area (Å²) in [6.45, 7) is -2.94. The maximum atomic E-state index is 12.6. The highest BCUT2D eigenvalue weighted by Crippen LogP contribution is 2.33. The van der Waals surface area contributed by atoms with Crippen LogP contribution >= 0.6 is 34.4 Å². The normalized spacial score (nSPS) is 11.2. The van der Waals surface area contributed by atoms with E-state index in [2.05, 4.69) is 20.0 Å². The summed E-state index contributed by atoms with van der Waals surface area (Å²) in [5.74, 6) is 0.309. The van der Waals surface area contributed by atoms with Crippen LogP contribution in [-0.2, 0) is 10.5 Å². The first-order chi connectivity index (χ1) is 15.0. The Labute approximate surface area is 186 Å². The molecular formula is C19H14F2N4O3S3. The highest BCUT2D eigenvalue weighted by Gasteiger charge is 2.14. The predicted octanol–water partition coefficient (Wildman–Crippen LogP) is 4.35. The number of nitrogens with one attached hydrogen (secondary N) is 1. The lowest BCUT2D eigenvalue weighted by molar-refractivity contribution is -0.113. The molecule has 0 saturated carbocycles. The molecule has 1 amide bonds. The van der Waals surface area contributed by atoms with Crippen LogP contribution in [0, 0.1) is 0 Å². The Morgan fingerprint density at radius 2 is 2.10 bits per heavy atom. The van der Waals surface area contributed by atoms with E-state index in [-0.39, 0.29) is 23.0 Å². The Bertz CT molecular complexity index is 1270. The standard InChI is InChI=1S/C19H14F2N4O3S3/c20-17(21)28-14-4-2-1-3-12(14)13-9-31-18(23-13)24-15(26)10-29-8-11-7-16(27)25-5-6-30-19(25)22-11/h1-7,9,17H,8,10H2,(H,23,24,26). The molecule has 1 N–H and O–H groups in total. The molecule has 0 atom stereocenters. The first-order valence-electron chi connectivity index (χ1n) is 8.83. The molecule has 3 aromatic heterocycles. The lowest BCUT2D eigenvalue weighted by Crippen LogP contribution is -2.15. The van der Waals surface area contributed by atoms with E-state index in [0.717, 1.165) is 0 Å². The van der Waals surface area contributed by atoms with Crippen LogP contribution in [0.25, 0.3) is 16.2 Å². The molecule has 160 valence electrons. The minimum Gasteiger partial charge on any atom is -0.434 e. The molecule has 7 nitrogen and oxygen atoms in total. The molecule has 0 radical (unpaired) electrons. The van der Waals surface area contributed by atoms with Gasteiger partial charge >= 0.3 is 6.61 Å². The van der Waals surface area contributed by atoms with Crippen molar-refractivity contribution in [2.75, 3.05) is 11.1 Å². The molecule has 0 aliphatic carbocycles. The minimum atomic E-state index is -2.94. The number of fused-ring (bicyclic) bond motifs is 1. The van der Waals surface area contributed by atoms with E-state index < -0.39 is 6.61 Å². The SMILES string of the molecule is O=C(CSCc1cc(=O)n2ccsc2n1)Nc1nc(-c2ccccc2OC(F)F)cs1. The second-order valence-electron chi connectivity index (χ2n) is 6.09. The number of ether oxygens (including phenoxy) is 1. The number of benzene rings is 1. The summed E-state index contributed by atoms with van der Waals surface area (Å²) >= 11 is 3.87. The number of rotatable bonds is 8. The molecule has 0 unspecified atom stereocenters. The summed E-state index contributed by atoms with van der Waals surface area (Å²) in [4.78, 5) is 33.5. The van der Waals surface area contributed by atoms with Crippen molar-refractivity contribution in [2.24, 2.45) is 0 Å². The van der Waals surface area contributed by atoms with Crippen LogP contribution in [0.2, 0.25) is 0 Å². The van der Waals surface area contributed by atoms with Crippen molar-refractivity contribution in [1.82, 2.24) is 14.4 Å². The number of aromatic nitrogens is 3. The number of carbonyl (C=O) groups excluding carboxylic acids is 1. The number of thioether (sulfide) groups is 1. The Hall–Kier alpha value is -2.83. The Balaban J connectivity index is 1.34. The number of nitrogens with zero attached hydrogens (tertiary/aromatic N) is 3. The van der Waals surface area contributed by atoms with Gasteiger partial charge in [0.1, 0.15) is 5.75 Å². The average Bonchev–Trinajstić information content (AvgIpc) is 3.38. The highest BCUT2D eigenvalue weighted by atomic mass is 32.2. The number of alkyl halides is 2.